The van der Waals surface area contributed by atoms with Gasteiger partial charge in [-0.15, -0.1) is 12.4 Å². The van der Waals surface area contributed by atoms with Crippen LogP contribution in [0.15, 0.2) is 71.3 Å². The van der Waals surface area contributed by atoms with Gasteiger partial charge in [0, 0.05) is 42.2 Å². The van der Waals surface area contributed by atoms with Crippen LogP contribution in [0.3, 0.4) is 0 Å². The number of aliphatic hydroxyl groups excluding tert-OH is 1. The Bertz CT molecular complexity index is 1100. The third-order valence-electron chi connectivity index (χ3n) is 4.88. The summed E-state index contributed by atoms with van der Waals surface area (Å²) < 4.78 is 5.49. The summed E-state index contributed by atoms with van der Waals surface area (Å²) in [6.45, 7) is 1.27. The van der Waals surface area contributed by atoms with Crippen LogP contribution in [0.25, 0.3) is 22.2 Å². The lowest BCUT2D eigenvalue weighted by Gasteiger charge is -2.16. The normalized spacial score (nSPS) is 11.9. The second-order valence-electron chi connectivity index (χ2n) is 6.95. The first-order valence-electron chi connectivity index (χ1n) is 9.72. The highest BCUT2D eigenvalue weighted by molar-refractivity contribution is 5.92. The summed E-state index contributed by atoms with van der Waals surface area (Å²) in [5.41, 5.74) is 12.0. The summed E-state index contributed by atoms with van der Waals surface area (Å²) in [5, 5.41) is 17.3. The zero-order valence-electron chi connectivity index (χ0n) is 16.5. The third kappa shape index (κ3) is 4.86. The fourth-order valence-corrected chi connectivity index (χ4v) is 3.49. The Balaban J connectivity index is 0.00000256. The molecule has 0 radical (unpaired) electrons. The van der Waals surface area contributed by atoms with Crippen LogP contribution in [0.1, 0.15) is 23.0 Å². The van der Waals surface area contributed by atoms with E-state index in [0.717, 1.165) is 39.2 Å². The molecule has 0 spiro atoms. The van der Waals surface area contributed by atoms with E-state index in [4.69, 9.17) is 20.3 Å². The van der Waals surface area contributed by atoms with Crippen LogP contribution in [-0.4, -0.2) is 28.4 Å². The highest BCUT2D eigenvalue weighted by Gasteiger charge is 2.18. The molecule has 4 aromatic rings. The van der Waals surface area contributed by atoms with E-state index >= 15 is 0 Å². The molecule has 2 aromatic carbocycles. The van der Waals surface area contributed by atoms with Crippen LogP contribution in [-0.2, 0) is 13.0 Å². The van der Waals surface area contributed by atoms with E-state index < -0.39 is 0 Å². The van der Waals surface area contributed by atoms with Gasteiger partial charge in [0.05, 0.1) is 12.3 Å². The number of benzene rings is 2. The maximum Gasteiger partial charge on any atom is 0.167 e. The smallest absolute Gasteiger partial charge is 0.167 e. The Labute approximate surface area is 181 Å². The maximum absolute atomic E-state index is 8.90. The Morgan fingerprint density at radius 2 is 1.73 bits per heavy atom. The highest BCUT2D eigenvalue weighted by atomic mass is 35.5. The van der Waals surface area contributed by atoms with Gasteiger partial charge in [0.15, 0.2) is 5.58 Å². The first kappa shape index (κ1) is 21.9. The molecule has 0 aliphatic heterocycles. The van der Waals surface area contributed by atoms with Crippen LogP contribution in [0.2, 0.25) is 0 Å². The van der Waals surface area contributed by atoms with Crippen molar-refractivity contribution in [1.82, 2.24) is 15.5 Å². The van der Waals surface area contributed by atoms with Crippen molar-refractivity contribution < 1.29 is 9.63 Å². The van der Waals surface area contributed by atoms with E-state index in [1.54, 1.807) is 0 Å². The van der Waals surface area contributed by atoms with E-state index in [9.17, 15) is 0 Å². The lowest BCUT2D eigenvalue weighted by Crippen LogP contribution is -2.19. The van der Waals surface area contributed by atoms with E-state index in [-0.39, 0.29) is 25.1 Å². The number of fused-ring (bicyclic) bond motifs is 1. The van der Waals surface area contributed by atoms with Gasteiger partial charge < -0.3 is 20.7 Å². The summed E-state index contributed by atoms with van der Waals surface area (Å²) >= 11 is 0. The van der Waals surface area contributed by atoms with Crippen LogP contribution in [0.4, 0.5) is 0 Å². The maximum atomic E-state index is 8.90. The number of halogens is 1. The number of para-hydroxylation sites is 1. The molecule has 0 fully saturated rings. The highest BCUT2D eigenvalue weighted by Crippen LogP contribution is 2.33. The summed E-state index contributed by atoms with van der Waals surface area (Å²) in [6.07, 6.45) is 0.612. The average Bonchev–Trinajstić information content (AvgIpc) is 3.18. The molecule has 2 heterocycles. The SMILES string of the molecule is Cl.N[C@@H](Cc1cccc(CNCCO)n1)c1ccccc1-c1noc2ccccc12. The third-order valence-corrected chi connectivity index (χ3v) is 4.88. The lowest BCUT2D eigenvalue weighted by atomic mass is 9.94. The number of aliphatic hydroxyl groups is 1. The van der Waals surface area contributed by atoms with Crippen LogP contribution >= 0.6 is 12.4 Å². The molecule has 0 bridgehead atoms. The molecule has 4 N–H and O–H groups in total. The Morgan fingerprint density at radius 1 is 0.967 bits per heavy atom. The van der Waals surface area contributed by atoms with Gasteiger partial charge in [-0.25, -0.2) is 0 Å². The number of nitrogens with one attached hydrogen (secondary N) is 1. The summed E-state index contributed by atoms with van der Waals surface area (Å²) in [5.74, 6) is 0. The standard InChI is InChI=1S/C23H24N4O2.ClH/c24-21(14-16-6-5-7-17(26-16)15-25-12-13-28)18-8-1-2-9-19(18)23-20-10-3-4-11-22(20)29-27-23;/h1-11,21,25,28H,12-15,24H2;1H/t21-;/m0./s1. The molecule has 0 unspecified atom stereocenters. The first-order chi connectivity index (χ1) is 14.3. The van der Waals surface area contributed by atoms with Crippen LogP contribution < -0.4 is 11.1 Å². The van der Waals surface area contributed by atoms with Gasteiger partial charge in [0.2, 0.25) is 0 Å². The van der Waals surface area contributed by atoms with Gasteiger partial charge in [0.25, 0.3) is 0 Å². The fraction of sp³-hybridized carbons (Fsp3) is 0.217. The number of nitrogens with two attached hydrogens (primary N) is 1. The molecular weight excluding hydrogens is 400 g/mol. The minimum Gasteiger partial charge on any atom is -0.395 e. The second kappa shape index (κ2) is 10.3. The van der Waals surface area contributed by atoms with E-state index in [1.807, 2.05) is 66.7 Å². The minimum atomic E-state index is -0.227. The van der Waals surface area contributed by atoms with Crippen molar-refractivity contribution in [2.24, 2.45) is 5.73 Å². The van der Waals surface area contributed by atoms with Crippen molar-refractivity contribution in [3.8, 4) is 11.3 Å². The molecule has 2 aromatic heterocycles. The van der Waals surface area contributed by atoms with Gasteiger partial charge in [0.1, 0.15) is 5.69 Å². The Kier molecular flexibility index (Phi) is 7.54. The van der Waals surface area contributed by atoms with E-state index in [2.05, 4.69) is 10.5 Å². The molecule has 0 aliphatic carbocycles. The quantitative estimate of drug-likeness (QED) is 0.374. The molecule has 6 nitrogen and oxygen atoms in total. The van der Waals surface area contributed by atoms with Gasteiger partial charge in [-0.3, -0.25) is 4.98 Å². The zero-order chi connectivity index (χ0) is 20.1. The lowest BCUT2D eigenvalue weighted by molar-refractivity contribution is 0.291. The largest absolute Gasteiger partial charge is 0.395 e. The molecule has 7 heteroatoms. The summed E-state index contributed by atoms with van der Waals surface area (Å²) in [7, 11) is 0. The van der Waals surface area contributed by atoms with Crippen molar-refractivity contribution in [1.29, 1.82) is 0 Å². The van der Waals surface area contributed by atoms with Crippen LogP contribution in [0.5, 0.6) is 0 Å². The van der Waals surface area contributed by atoms with Crippen molar-refractivity contribution in [2.75, 3.05) is 13.2 Å². The Morgan fingerprint density at radius 3 is 2.60 bits per heavy atom. The summed E-state index contributed by atoms with van der Waals surface area (Å²) in [6, 6.07) is 21.6. The number of pyridine rings is 1. The van der Waals surface area contributed by atoms with Crippen molar-refractivity contribution in [3.05, 3.63) is 83.7 Å². The molecular formula is C23H25ClN4O2. The Hall–Kier alpha value is -2.77. The average molecular weight is 425 g/mol. The molecule has 30 heavy (non-hydrogen) atoms. The van der Waals surface area contributed by atoms with Gasteiger partial charge in [-0.05, 0) is 29.8 Å². The number of hydrogen-bond acceptors (Lipinski definition) is 6. The van der Waals surface area contributed by atoms with Crippen molar-refractivity contribution in [2.45, 2.75) is 19.0 Å². The molecule has 0 saturated heterocycles. The van der Waals surface area contributed by atoms with Crippen LogP contribution in [0, 0.1) is 0 Å². The molecule has 4 rings (SSSR count). The van der Waals surface area contributed by atoms with Crippen molar-refractivity contribution in [3.63, 3.8) is 0 Å². The molecule has 156 valence electrons. The number of hydrogen-bond donors (Lipinski definition) is 3. The first-order valence-corrected chi connectivity index (χ1v) is 9.72. The zero-order valence-corrected chi connectivity index (χ0v) is 17.3. The van der Waals surface area contributed by atoms with Gasteiger partial charge >= 0.3 is 0 Å². The topological polar surface area (TPSA) is 97.2 Å². The molecule has 0 aliphatic rings. The molecule has 0 saturated carbocycles. The van der Waals surface area contributed by atoms with Crippen molar-refractivity contribution >= 4 is 23.4 Å². The monoisotopic (exact) mass is 424 g/mol. The predicted molar refractivity (Wildman–Crippen MR) is 120 cm³/mol. The predicted octanol–water partition coefficient (Wildman–Crippen LogP) is 3.64. The second-order valence-corrected chi connectivity index (χ2v) is 6.95. The molecule has 1 atom stereocenters. The number of aromatic nitrogens is 2. The van der Waals surface area contributed by atoms with E-state index in [0.29, 0.717) is 19.5 Å². The minimum absolute atomic E-state index is 0. The fourth-order valence-electron chi connectivity index (χ4n) is 3.49. The van der Waals surface area contributed by atoms with Gasteiger partial charge in [-0.2, -0.15) is 0 Å². The van der Waals surface area contributed by atoms with E-state index in [1.165, 1.54) is 0 Å². The number of nitrogens with zero attached hydrogens (tertiary/aromatic N) is 2. The van der Waals surface area contributed by atoms with Gasteiger partial charge in [-0.1, -0.05) is 47.6 Å². The molecule has 0 amide bonds. The number of rotatable bonds is 8. The summed E-state index contributed by atoms with van der Waals surface area (Å²) in [4.78, 5) is 4.69.